The summed E-state index contributed by atoms with van der Waals surface area (Å²) in [5.74, 6) is -1.72. The maximum Gasteiger partial charge on any atom is 0.328 e. The van der Waals surface area contributed by atoms with Crippen LogP contribution in [0.25, 0.3) is 6.08 Å². The van der Waals surface area contributed by atoms with Crippen LogP contribution >= 0.6 is 11.3 Å². The van der Waals surface area contributed by atoms with Crippen LogP contribution in [0.4, 0.5) is 0 Å². The summed E-state index contributed by atoms with van der Waals surface area (Å²) in [6.07, 6.45) is 3.15. The Balaban J connectivity index is 2.70. The van der Waals surface area contributed by atoms with Gasteiger partial charge in [-0.1, -0.05) is 6.92 Å². The van der Waals surface area contributed by atoms with Crippen molar-refractivity contribution >= 4 is 35.2 Å². The van der Waals surface area contributed by atoms with Crippen LogP contribution in [0.5, 0.6) is 0 Å². The monoisotopic (exact) mass is 310 g/mol. The maximum atomic E-state index is 12.1. The minimum atomic E-state index is -1.08. The number of carbonyl (C=O) groups is 3. The molecule has 1 rings (SSSR count). The van der Waals surface area contributed by atoms with Gasteiger partial charge < -0.3 is 15.7 Å². The summed E-state index contributed by atoms with van der Waals surface area (Å²) in [5, 5.41) is 15.6. The summed E-state index contributed by atoms with van der Waals surface area (Å²) in [6, 6.07) is 1.00. The van der Waals surface area contributed by atoms with Crippen molar-refractivity contribution in [1.82, 2.24) is 10.6 Å². The molecule has 0 aliphatic rings. The summed E-state index contributed by atoms with van der Waals surface area (Å²) in [5.41, 5.74) is 0.515. The Hall–Kier alpha value is -2.15. The average Bonchev–Trinajstić information content (AvgIpc) is 2.90. The van der Waals surface area contributed by atoms with Crippen LogP contribution in [0.1, 0.15) is 35.5 Å². The highest BCUT2D eigenvalue weighted by atomic mass is 32.1. The van der Waals surface area contributed by atoms with Crippen molar-refractivity contribution in [2.75, 3.05) is 6.54 Å². The number of hydrogen-bond donors (Lipinski definition) is 3. The number of carboxylic acid groups (broad SMARTS) is 1. The minimum absolute atomic E-state index is 0.246. The van der Waals surface area contributed by atoms with E-state index in [2.05, 4.69) is 10.6 Å². The lowest BCUT2D eigenvalue weighted by Gasteiger charge is -2.13. The van der Waals surface area contributed by atoms with Gasteiger partial charge in [-0.2, -0.15) is 0 Å². The molecule has 1 aromatic heterocycles. The van der Waals surface area contributed by atoms with E-state index in [1.54, 1.807) is 18.4 Å². The number of nitrogens with one attached hydrogen (secondary N) is 2. The summed E-state index contributed by atoms with van der Waals surface area (Å²) >= 11 is 1.19. The number of aliphatic carboxylic acids is 1. The van der Waals surface area contributed by atoms with Crippen LogP contribution in [0.3, 0.4) is 0 Å². The smallest absolute Gasteiger partial charge is 0.328 e. The lowest BCUT2D eigenvalue weighted by atomic mass is 10.2. The zero-order valence-electron chi connectivity index (χ0n) is 11.9. The van der Waals surface area contributed by atoms with Gasteiger partial charge in [-0.25, -0.2) is 4.79 Å². The van der Waals surface area contributed by atoms with Crippen molar-refractivity contribution in [2.45, 2.75) is 26.3 Å². The van der Waals surface area contributed by atoms with E-state index in [9.17, 15) is 14.4 Å². The zero-order valence-corrected chi connectivity index (χ0v) is 12.7. The highest BCUT2D eigenvalue weighted by Gasteiger charge is 2.18. The number of thiophene rings is 1. The van der Waals surface area contributed by atoms with Crippen LogP contribution in [-0.4, -0.2) is 35.5 Å². The fourth-order valence-corrected chi connectivity index (χ4v) is 2.31. The third-order valence-corrected chi connectivity index (χ3v) is 3.53. The molecule has 0 spiro atoms. The van der Waals surface area contributed by atoms with Gasteiger partial charge in [0.15, 0.2) is 0 Å². The largest absolute Gasteiger partial charge is 0.478 e. The van der Waals surface area contributed by atoms with Gasteiger partial charge in [0, 0.05) is 12.6 Å². The molecule has 0 saturated heterocycles. The molecular formula is C14H18N2O4S. The van der Waals surface area contributed by atoms with E-state index in [1.807, 2.05) is 6.92 Å². The number of carboxylic acids is 1. The average molecular weight is 310 g/mol. The van der Waals surface area contributed by atoms with Gasteiger partial charge in [-0.05, 0) is 36.4 Å². The Morgan fingerprint density at radius 1 is 1.43 bits per heavy atom. The molecule has 0 aliphatic heterocycles. The highest BCUT2D eigenvalue weighted by Crippen LogP contribution is 2.18. The first kappa shape index (κ1) is 16.9. The summed E-state index contributed by atoms with van der Waals surface area (Å²) < 4.78 is 0. The Kier molecular flexibility index (Phi) is 6.61. The van der Waals surface area contributed by atoms with E-state index in [4.69, 9.17) is 5.11 Å². The fourth-order valence-electron chi connectivity index (χ4n) is 1.53. The quantitative estimate of drug-likeness (QED) is 0.665. The van der Waals surface area contributed by atoms with Gasteiger partial charge in [-0.3, -0.25) is 9.59 Å². The van der Waals surface area contributed by atoms with E-state index in [-0.39, 0.29) is 5.91 Å². The van der Waals surface area contributed by atoms with E-state index in [1.165, 1.54) is 17.4 Å². The van der Waals surface area contributed by atoms with Crippen molar-refractivity contribution in [3.05, 3.63) is 28.0 Å². The van der Waals surface area contributed by atoms with Crippen molar-refractivity contribution in [1.29, 1.82) is 0 Å². The van der Waals surface area contributed by atoms with Crippen molar-refractivity contribution in [3.8, 4) is 0 Å². The lowest BCUT2D eigenvalue weighted by Crippen LogP contribution is -2.44. The van der Waals surface area contributed by atoms with Crippen molar-refractivity contribution < 1.29 is 19.5 Å². The Labute approximate surface area is 126 Å². The molecule has 1 heterocycles. The minimum Gasteiger partial charge on any atom is -0.478 e. The van der Waals surface area contributed by atoms with Crippen LogP contribution in [0.2, 0.25) is 0 Å². The van der Waals surface area contributed by atoms with E-state index >= 15 is 0 Å². The van der Waals surface area contributed by atoms with Crippen LogP contribution in [-0.2, 0) is 9.59 Å². The standard InChI is InChI=1S/C14H18N2O4S/c1-3-7-15-13(19)9(2)16-14(20)12-10(6-8-21-12)4-5-11(17)18/h4-6,8-9H,3,7H2,1-2H3,(H,15,19)(H,16,20)(H,17,18). The van der Waals surface area contributed by atoms with Crippen LogP contribution < -0.4 is 10.6 Å². The predicted octanol–water partition coefficient (Wildman–Crippen LogP) is 1.49. The van der Waals surface area contributed by atoms with Gasteiger partial charge in [0.25, 0.3) is 5.91 Å². The van der Waals surface area contributed by atoms with Crippen LogP contribution in [0, 0.1) is 0 Å². The number of amides is 2. The second-order valence-corrected chi connectivity index (χ2v) is 5.28. The molecule has 0 bridgehead atoms. The molecule has 0 aromatic carbocycles. The molecule has 6 nitrogen and oxygen atoms in total. The van der Waals surface area contributed by atoms with E-state index < -0.39 is 17.9 Å². The first-order chi connectivity index (χ1) is 9.95. The van der Waals surface area contributed by atoms with Gasteiger partial charge in [0.2, 0.25) is 5.91 Å². The zero-order chi connectivity index (χ0) is 15.8. The Morgan fingerprint density at radius 2 is 2.14 bits per heavy atom. The molecule has 0 saturated carbocycles. The second kappa shape index (κ2) is 8.21. The number of rotatable bonds is 7. The first-order valence-electron chi connectivity index (χ1n) is 6.52. The molecule has 1 atom stereocenters. The number of carbonyl (C=O) groups excluding carboxylic acids is 2. The molecule has 21 heavy (non-hydrogen) atoms. The molecule has 0 radical (unpaired) electrons. The molecule has 0 fully saturated rings. The molecular weight excluding hydrogens is 292 g/mol. The lowest BCUT2D eigenvalue weighted by molar-refractivity contribution is -0.131. The summed E-state index contributed by atoms with van der Waals surface area (Å²) in [4.78, 5) is 34.7. The SMILES string of the molecule is CCCNC(=O)C(C)NC(=O)c1sccc1C=CC(=O)O. The Morgan fingerprint density at radius 3 is 2.76 bits per heavy atom. The topological polar surface area (TPSA) is 95.5 Å². The third kappa shape index (κ3) is 5.39. The molecule has 114 valence electrons. The van der Waals surface area contributed by atoms with E-state index in [0.29, 0.717) is 17.0 Å². The second-order valence-electron chi connectivity index (χ2n) is 4.36. The van der Waals surface area contributed by atoms with Crippen molar-refractivity contribution in [2.24, 2.45) is 0 Å². The fraction of sp³-hybridized carbons (Fsp3) is 0.357. The maximum absolute atomic E-state index is 12.1. The first-order valence-corrected chi connectivity index (χ1v) is 7.40. The summed E-state index contributed by atoms with van der Waals surface area (Å²) in [6.45, 7) is 4.10. The Bertz CT molecular complexity index is 551. The summed E-state index contributed by atoms with van der Waals surface area (Å²) in [7, 11) is 0. The van der Waals surface area contributed by atoms with Crippen LogP contribution in [0.15, 0.2) is 17.5 Å². The molecule has 1 aromatic rings. The molecule has 0 aliphatic carbocycles. The van der Waals surface area contributed by atoms with Gasteiger partial charge >= 0.3 is 5.97 Å². The van der Waals surface area contributed by atoms with Crippen molar-refractivity contribution in [3.63, 3.8) is 0 Å². The predicted molar refractivity (Wildman–Crippen MR) is 81.2 cm³/mol. The molecule has 1 unspecified atom stereocenters. The third-order valence-electron chi connectivity index (χ3n) is 2.60. The molecule has 2 amide bonds. The van der Waals surface area contributed by atoms with E-state index in [0.717, 1.165) is 12.5 Å². The van der Waals surface area contributed by atoms with Gasteiger partial charge in [0.05, 0.1) is 4.88 Å². The van der Waals surface area contributed by atoms with Gasteiger partial charge in [0.1, 0.15) is 6.04 Å². The molecule has 3 N–H and O–H groups in total. The van der Waals surface area contributed by atoms with Gasteiger partial charge in [-0.15, -0.1) is 11.3 Å². The number of hydrogen-bond acceptors (Lipinski definition) is 4. The highest BCUT2D eigenvalue weighted by molar-refractivity contribution is 7.12. The molecule has 7 heteroatoms. The normalized spacial score (nSPS) is 12.1.